The van der Waals surface area contributed by atoms with Crippen molar-refractivity contribution in [1.29, 1.82) is 0 Å². The first-order valence-electron chi connectivity index (χ1n) is 9.15. The van der Waals surface area contributed by atoms with E-state index >= 15 is 0 Å². The minimum atomic E-state index is -1.67. The van der Waals surface area contributed by atoms with Crippen molar-refractivity contribution in [3.8, 4) is 0 Å². The molecule has 3 aromatic rings. The first kappa shape index (κ1) is 21.5. The van der Waals surface area contributed by atoms with Gasteiger partial charge in [-0.15, -0.1) is 11.3 Å². The molecule has 1 heterocycles. The molecule has 1 aromatic heterocycles. The second-order valence-corrected chi connectivity index (χ2v) is 7.45. The summed E-state index contributed by atoms with van der Waals surface area (Å²) in [6.07, 6.45) is 3.48. The fraction of sp³-hybridized carbons (Fsp3) is 0.190. The number of thiazole rings is 1. The van der Waals surface area contributed by atoms with Crippen molar-refractivity contribution in [2.45, 2.75) is 13.3 Å². The molecule has 0 unspecified atom stereocenters. The van der Waals surface area contributed by atoms with Crippen LogP contribution in [0.1, 0.15) is 18.4 Å². The summed E-state index contributed by atoms with van der Waals surface area (Å²) in [6, 6.07) is 9.20. The van der Waals surface area contributed by atoms with Gasteiger partial charge >= 0.3 is 0 Å². The van der Waals surface area contributed by atoms with E-state index in [9.17, 15) is 22.8 Å². The van der Waals surface area contributed by atoms with Crippen molar-refractivity contribution in [3.05, 3.63) is 64.9 Å². The summed E-state index contributed by atoms with van der Waals surface area (Å²) in [6.45, 7) is 1.76. The van der Waals surface area contributed by atoms with Gasteiger partial charge in [-0.25, -0.2) is 18.2 Å². The van der Waals surface area contributed by atoms with Gasteiger partial charge in [-0.2, -0.15) is 0 Å². The van der Waals surface area contributed by atoms with Crippen molar-refractivity contribution in [2.24, 2.45) is 0 Å². The summed E-state index contributed by atoms with van der Waals surface area (Å²) < 4.78 is 41.1. The van der Waals surface area contributed by atoms with Gasteiger partial charge in [-0.1, -0.05) is 19.1 Å². The van der Waals surface area contributed by atoms with Gasteiger partial charge in [0.05, 0.1) is 15.9 Å². The van der Waals surface area contributed by atoms with Gasteiger partial charge in [0.25, 0.3) is 0 Å². The van der Waals surface area contributed by atoms with E-state index in [0.29, 0.717) is 17.5 Å². The summed E-state index contributed by atoms with van der Waals surface area (Å²) in [4.78, 5) is 30.4. The Bertz CT molecular complexity index is 1080. The molecular formula is C21H18F3N3O2S. The van der Waals surface area contributed by atoms with E-state index in [1.54, 1.807) is 6.08 Å². The molecule has 0 aliphatic carbocycles. The zero-order valence-electron chi connectivity index (χ0n) is 16.0. The number of rotatable bonds is 7. The van der Waals surface area contributed by atoms with Gasteiger partial charge in [0.2, 0.25) is 11.8 Å². The number of amides is 2. The van der Waals surface area contributed by atoms with Crippen LogP contribution in [0, 0.1) is 17.5 Å². The van der Waals surface area contributed by atoms with E-state index in [2.05, 4.69) is 10.3 Å². The lowest BCUT2D eigenvalue weighted by atomic mass is 10.2. The summed E-state index contributed by atoms with van der Waals surface area (Å²) in [5, 5.41) is 2.81. The number of hydrogen-bond donors (Lipinski definition) is 1. The molecule has 0 fully saturated rings. The number of halogens is 3. The Morgan fingerprint density at radius 1 is 1.13 bits per heavy atom. The third-order valence-electron chi connectivity index (χ3n) is 4.13. The molecule has 0 bridgehead atoms. The maximum absolute atomic E-state index is 13.7. The molecule has 9 heteroatoms. The monoisotopic (exact) mass is 433 g/mol. The van der Waals surface area contributed by atoms with Crippen LogP contribution in [0.4, 0.5) is 18.9 Å². The molecule has 0 aliphatic heterocycles. The molecule has 0 radical (unpaired) electrons. The van der Waals surface area contributed by atoms with Crippen LogP contribution in [0.25, 0.3) is 16.3 Å². The number of benzene rings is 2. The molecule has 30 heavy (non-hydrogen) atoms. The number of nitrogens with zero attached hydrogens (tertiary/aromatic N) is 2. The average Bonchev–Trinajstić information content (AvgIpc) is 3.15. The normalized spacial score (nSPS) is 11.2. The zero-order valence-corrected chi connectivity index (χ0v) is 16.8. The molecule has 3 rings (SSSR count). The molecule has 2 amide bonds. The van der Waals surface area contributed by atoms with Gasteiger partial charge in [0.15, 0.2) is 17.5 Å². The average molecular weight is 433 g/mol. The van der Waals surface area contributed by atoms with Gasteiger partial charge in [-0.3, -0.25) is 9.59 Å². The number of carbonyl (C=O) groups is 2. The van der Waals surface area contributed by atoms with E-state index in [1.807, 2.05) is 31.2 Å². The van der Waals surface area contributed by atoms with Gasteiger partial charge in [0, 0.05) is 12.6 Å². The molecular weight excluding hydrogens is 415 g/mol. The van der Waals surface area contributed by atoms with Crippen LogP contribution in [0.3, 0.4) is 0 Å². The SMILES string of the molecule is CCCN(CC(=O)Nc1ccc(F)c(F)c1F)C(=O)/C=C/c1nc2ccccc2s1. The molecule has 0 atom stereocenters. The lowest BCUT2D eigenvalue weighted by Crippen LogP contribution is -2.37. The van der Waals surface area contributed by atoms with E-state index in [-0.39, 0.29) is 13.1 Å². The fourth-order valence-electron chi connectivity index (χ4n) is 2.73. The Labute approximate surface area is 174 Å². The van der Waals surface area contributed by atoms with Crippen LogP contribution in [-0.4, -0.2) is 34.8 Å². The van der Waals surface area contributed by atoms with E-state index in [0.717, 1.165) is 16.3 Å². The number of para-hydroxylation sites is 1. The van der Waals surface area contributed by atoms with E-state index in [1.165, 1.54) is 22.3 Å². The van der Waals surface area contributed by atoms with Crippen LogP contribution in [-0.2, 0) is 9.59 Å². The van der Waals surface area contributed by atoms with Crippen LogP contribution in [0.5, 0.6) is 0 Å². The molecule has 0 saturated carbocycles. The van der Waals surface area contributed by atoms with Crippen LogP contribution < -0.4 is 5.32 Å². The second-order valence-electron chi connectivity index (χ2n) is 6.38. The topological polar surface area (TPSA) is 62.3 Å². The van der Waals surface area contributed by atoms with Crippen molar-refractivity contribution in [1.82, 2.24) is 9.88 Å². The third kappa shape index (κ3) is 5.04. The van der Waals surface area contributed by atoms with Crippen LogP contribution in [0.2, 0.25) is 0 Å². The highest BCUT2D eigenvalue weighted by Crippen LogP contribution is 2.22. The molecule has 156 valence electrons. The minimum absolute atomic E-state index is 0.288. The zero-order chi connectivity index (χ0) is 21.7. The molecule has 0 aliphatic rings. The maximum Gasteiger partial charge on any atom is 0.247 e. The minimum Gasteiger partial charge on any atom is -0.330 e. The molecule has 5 nitrogen and oxygen atoms in total. The first-order valence-corrected chi connectivity index (χ1v) is 9.96. The van der Waals surface area contributed by atoms with Gasteiger partial charge in [-0.05, 0) is 36.8 Å². The number of carbonyl (C=O) groups excluding carboxylic acids is 2. The number of fused-ring (bicyclic) bond motifs is 1. The lowest BCUT2D eigenvalue weighted by molar-refractivity contribution is -0.130. The van der Waals surface area contributed by atoms with Gasteiger partial charge in [0.1, 0.15) is 11.6 Å². The highest BCUT2D eigenvalue weighted by Gasteiger charge is 2.18. The number of hydrogen-bond acceptors (Lipinski definition) is 4. The maximum atomic E-state index is 13.7. The predicted octanol–water partition coefficient (Wildman–Crippen LogP) is 4.60. The Balaban J connectivity index is 1.67. The summed E-state index contributed by atoms with van der Waals surface area (Å²) in [5.74, 6) is -5.67. The summed E-state index contributed by atoms with van der Waals surface area (Å²) >= 11 is 1.43. The Kier molecular flexibility index (Phi) is 6.83. The number of anilines is 1. The standard InChI is InChI=1S/C21H18F3N3O2S/c1-2-11-27(12-17(28)25-15-8-7-13(22)20(23)21(15)24)19(29)10-9-18-26-14-5-3-4-6-16(14)30-18/h3-10H,2,11-12H2,1H3,(H,25,28)/b10-9+. The molecule has 1 N–H and O–H groups in total. The third-order valence-corrected chi connectivity index (χ3v) is 5.13. The summed E-state index contributed by atoms with van der Waals surface area (Å²) in [7, 11) is 0. The molecule has 2 aromatic carbocycles. The van der Waals surface area contributed by atoms with Crippen molar-refractivity contribution in [3.63, 3.8) is 0 Å². The van der Waals surface area contributed by atoms with Gasteiger partial charge < -0.3 is 10.2 Å². The Hall–Kier alpha value is -3.20. The summed E-state index contributed by atoms with van der Waals surface area (Å²) in [5.41, 5.74) is 0.334. The van der Waals surface area contributed by atoms with Crippen LogP contribution in [0.15, 0.2) is 42.5 Å². The Morgan fingerprint density at radius 2 is 1.90 bits per heavy atom. The smallest absolute Gasteiger partial charge is 0.247 e. The van der Waals surface area contributed by atoms with Crippen LogP contribution >= 0.6 is 11.3 Å². The van der Waals surface area contributed by atoms with E-state index < -0.39 is 35.0 Å². The molecule has 0 spiro atoms. The number of nitrogens with one attached hydrogen (secondary N) is 1. The highest BCUT2D eigenvalue weighted by atomic mass is 32.1. The largest absolute Gasteiger partial charge is 0.330 e. The second kappa shape index (κ2) is 9.53. The quantitative estimate of drug-likeness (QED) is 0.437. The van der Waals surface area contributed by atoms with Crippen molar-refractivity contribution in [2.75, 3.05) is 18.4 Å². The van der Waals surface area contributed by atoms with Crippen molar-refractivity contribution < 1.29 is 22.8 Å². The Morgan fingerprint density at radius 3 is 2.63 bits per heavy atom. The molecule has 0 saturated heterocycles. The fourth-order valence-corrected chi connectivity index (χ4v) is 3.60. The predicted molar refractivity (Wildman–Crippen MR) is 110 cm³/mol. The van der Waals surface area contributed by atoms with E-state index in [4.69, 9.17) is 0 Å². The highest BCUT2D eigenvalue weighted by molar-refractivity contribution is 7.19. The van der Waals surface area contributed by atoms with Crippen molar-refractivity contribution >= 4 is 45.1 Å². The lowest BCUT2D eigenvalue weighted by Gasteiger charge is -2.20. The number of aromatic nitrogens is 1. The first-order chi connectivity index (χ1) is 14.4.